The molecule has 6 nitrogen and oxygen atoms in total. The minimum atomic E-state index is -0.794. The van der Waals surface area contributed by atoms with Gasteiger partial charge in [-0.25, -0.2) is 0 Å². The number of aliphatic hydroxyl groups excluding tert-OH is 2. The van der Waals surface area contributed by atoms with Crippen molar-refractivity contribution in [2.45, 2.75) is 283 Å². The Kier molecular flexibility index (Phi) is 47.1. The number of amides is 1. The first-order valence-corrected chi connectivity index (χ1v) is 26.4. The zero-order valence-corrected chi connectivity index (χ0v) is 40.5. The Morgan fingerprint density at radius 1 is 0.475 bits per heavy atom. The molecular formula is C55H101NO5. The van der Waals surface area contributed by atoms with Crippen molar-refractivity contribution in [3.8, 4) is 0 Å². The van der Waals surface area contributed by atoms with Crippen molar-refractivity contribution in [1.29, 1.82) is 0 Å². The van der Waals surface area contributed by atoms with Crippen LogP contribution in [0.3, 0.4) is 0 Å². The summed E-state index contributed by atoms with van der Waals surface area (Å²) in [5, 5.41) is 23.7. The van der Waals surface area contributed by atoms with Crippen molar-refractivity contribution in [3.63, 3.8) is 0 Å². The van der Waals surface area contributed by atoms with Crippen LogP contribution >= 0.6 is 0 Å². The quantitative estimate of drug-likeness (QED) is 0.0322. The summed E-state index contributed by atoms with van der Waals surface area (Å²) in [6, 6.07) is -0.710. The minimum Gasteiger partial charge on any atom is -0.462 e. The zero-order chi connectivity index (χ0) is 44.5. The standard InChI is InChI=1S/C55H101NO5/c1-4-7-10-13-16-19-22-24-26-27-29-31-33-36-39-42-45-48-55(60)61-51(46-43-40-37-34-32-30-28-25-23-20-17-14-11-8-5-2)49-54(59)56-52(50-57)53(58)47-44-41-38-35-21-18-15-12-9-6-3/h16,19,24,26,29,31,36,39,51-53,57-58H,4-15,17-18,20-23,25,27-28,30,32-35,37-38,40-50H2,1-3H3,(H,56,59)/b19-16-,26-24-,31-29-,39-36-. The molecule has 0 spiro atoms. The maximum atomic E-state index is 13.2. The third kappa shape index (κ3) is 44.2. The molecule has 0 aliphatic heterocycles. The van der Waals surface area contributed by atoms with Crippen molar-refractivity contribution < 1.29 is 24.5 Å². The molecular weight excluding hydrogens is 755 g/mol. The van der Waals surface area contributed by atoms with E-state index in [2.05, 4.69) is 74.7 Å². The number of aliphatic hydroxyl groups is 2. The van der Waals surface area contributed by atoms with Gasteiger partial charge in [-0.1, -0.05) is 236 Å². The summed E-state index contributed by atoms with van der Waals surface area (Å²) in [5.41, 5.74) is 0. The van der Waals surface area contributed by atoms with Gasteiger partial charge in [0.05, 0.1) is 25.2 Å². The van der Waals surface area contributed by atoms with E-state index in [0.717, 1.165) is 64.2 Å². The average molecular weight is 856 g/mol. The third-order valence-corrected chi connectivity index (χ3v) is 11.9. The number of carbonyl (C=O) groups is 2. The van der Waals surface area contributed by atoms with E-state index in [1.807, 2.05) is 0 Å². The van der Waals surface area contributed by atoms with Crippen LogP contribution in [0, 0.1) is 0 Å². The smallest absolute Gasteiger partial charge is 0.306 e. The molecule has 0 aromatic heterocycles. The number of nitrogens with one attached hydrogen (secondary N) is 1. The van der Waals surface area contributed by atoms with Crippen molar-refractivity contribution in [3.05, 3.63) is 48.6 Å². The first-order valence-electron chi connectivity index (χ1n) is 26.4. The summed E-state index contributed by atoms with van der Waals surface area (Å²) in [7, 11) is 0. The lowest BCUT2D eigenvalue weighted by Gasteiger charge is -2.24. The van der Waals surface area contributed by atoms with Gasteiger partial charge < -0.3 is 20.3 Å². The maximum Gasteiger partial charge on any atom is 0.306 e. The van der Waals surface area contributed by atoms with E-state index in [4.69, 9.17) is 4.74 Å². The molecule has 0 aliphatic carbocycles. The lowest BCUT2D eigenvalue weighted by Crippen LogP contribution is -2.46. The summed E-state index contributed by atoms with van der Waals surface area (Å²) in [6.45, 7) is 6.44. The van der Waals surface area contributed by atoms with Crippen molar-refractivity contribution in [2.75, 3.05) is 6.61 Å². The summed E-state index contributed by atoms with van der Waals surface area (Å²) in [6.07, 6.45) is 58.9. The van der Waals surface area contributed by atoms with Gasteiger partial charge in [-0.15, -0.1) is 0 Å². The maximum absolute atomic E-state index is 13.2. The number of hydrogen-bond donors (Lipinski definition) is 3. The molecule has 1 amide bonds. The highest BCUT2D eigenvalue weighted by molar-refractivity contribution is 5.77. The van der Waals surface area contributed by atoms with Gasteiger partial charge in [0.25, 0.3) is 0 Å². The lowest BCUT2D eigenvalue weighted by atomic mass is 10.0. The third-order valence-electron chi connectivity index (χ3n) is 11.9. The van der Waals surface area contributed by atoms with E-state index in [9.17, 15) is 19.8 Å². The molecule has 61 heavy (non-hydrogen) atoms. The monoisotopic (exact) mass is 856 g/mol. The SMILES string of the molecule is CCCCC/C=C\C/C=C\C/C=C\C/C=C\CCCC(=O)OC(CCCCCCCCCCCCCCCCC)CC(=O)NC(CO)C(O)CCCCCCCCCCCC. The molecule has 356 valence electrons. The second-order valence-corrected chi connectivity index (χ2v) is 17.9. The number of rotatable bonds is 47. The Hall–Kier alpha value is -2.18. The highest BCUT2D eigenvalue weighted by atomic mass is 16.5. The molecule has 0 radical (unpaired) electrons. The predicted octanol–water partition coefficient (Wildman–Crippen LogP) is 15.8. The molecule has 0 aromatic rings. The number of hydrogen-bond acceptors (Lipinski definition) is 5. The Morgan fingerprint density at radius 2 is 0.836 bits per heavy atom. The number of allylic oxidation sites excluding steroid dienone is 8. The normalized spacial score (nSPS) is 13.6. The molecule has 3 N–H and O–H groups in total. The second-order valence-electron chi connectivity index (χ2n) is 17.9. The molecule has 0 heterocycles. The fourth-order valence-corrected chi connectivity index (χ4v) is 7.89. The van der Waals surface area contributed by atoms with Crippen LogP contribution in [0.25, 0.3) is 0 Å². The number of ether oxygens (including phenoxy) is 1. The van der Waals surface area contributed by atoms with Gasteiger partial charge >= 0.3 is 5.97 Å². The van der Waals surface area contributed by atoms with Crippen molar-refractivity contribution in [2.24, 2.45) is 0 Å². The Labute approximate surface area is 378 Å². The van der Waals surface area contributed by atoms with Gasteiger partial charge in [0.1, 0.15) is 6.10 Å². The van der Waals surface area contributed by atoms with Crippen LogP contribution in [-0.4, -0.2) is 46.9 Å². The lowest BCUT2D eigenvalue weighted by molar-refractivity contribution is -0.151. The molecule has 0 aliphatic rings. The second kappa shape index (κ2) is 48.8. The molecule has 0 saturated carbocycles. The molecule has 3 atom stereocenters. The van der Waals surface area contributed by atoms with E-state index in [1.54, 1.807) is 0 Å². The molecule has 0 saturated heterocycles. The van der Waals surface area contributed by atoms with E-state index in [-0.39, 0.29) is 24.9 Å². The number of esters is 1. The Bertz CT molecular complexity index is 1050. The number of unbranched alkanes of at least 4 members (excludes halogenated alkanes) is 27. The summed E-state index contributed by atoms with van der Waals surface area (Å²) in [5.74, 6) is -0.532. The first kappa shape index (κ1) is 58.8. The van der Waals surface area contributed by atoms with Crippen LogP contribution in [0.1, 0.15) is 265 Å². The van der Waals surface area contributed by atoms with E-state index >= 15 is 0 Å². The fraction of sp³-hybridized carbons (Fsp3) is 0.818. The van der Waals surface area contributed by atoms with E-state index in [0.29, 0.717) is 25.7 Å². The Morgan fingerprint density at radius 3 is 1.26 bits per heavy atom. The predicted molar refractivity (Wildman–Crippen MR) is 264 cm³/mol. The zero-order valence-electron chi connectivity index (χ0n) is 40.5. The van der Waals surface area contributed by atoms with Gasteiger partial charge in [-0.2, -0.15) is 0 Å². The van der Waals surface area contributed by atoms with Crippen LogP contribution in [0.15, 0.2) is 48.6 Å². The molecule has 0 aromatic carbocycles. The van der Waals surface area contributed by atoms with Crippen LogP contribution in [-0.2, 0) is 14.3 Å². The first-order chi connectivity index (χ1) is 30.0. The topological polar surface area (TPSA) is 95.9 Å². The van der Waals surface area contributed by atoms with Crippen LogP contribution < -0.4 is 5.32 Å². The molecule has 6 heteroatoms. The molecule has 0 fully saturated rings. The Balaban J connectivity index is 4.65. The van der Waals surface area contributed by atoms with Crippen molar-refractivity contribution >= 4 is 11.9 Å². The van der Waals surface area contributed by atoms with Gasteiger partial charge in [0.15, 0.2) is 0 Å². The van der Waals surface area contributed by atoms with Gasteiger partial charge in [0, 0.05) is 6.42 Å². The van der Waals surface area contributed by atoms with Gasteiger partial charge in [-0.05, 0) is 64.2 Å². The van der Waals surface area contributed by atoms with Crippen LogP contribution in [0.4, 0.5) is 0 Å². The largest absolute Gasteiger partial charge is 0.462 e. The number of carbonyl (C=O) groups excluding carboxylic acids is 2. The molecule has 3 unspecified atom stereocenters. The van der Waals surface area contributed by atoms with E-state index < -0.39 is 18.2 Å². The highest BCUT2D eigenvalue weighted by Crippen LogP contribution is 2.18. The fourth-order valence-electron chi connectivity index (χ4n) is 7.89. The van der Waals surface area contributed by atoms with Crippen molar-refractivity contribution in [1.82, 2.24) is 5.32 Å². The van der Waals surface area contributed by atoms with E-state index in [1.165, 1.54) is 148 Å². The molecule has 0 bridgehead atoms. The summed E-state index contributed by atoms with van der Waals surface area (Å²) >= 11 is 0. The van der Waals surface area contributed by atoms with Crippen LogP contribution in [0.5, 0.6) is 0 Å². The van der Waals surface area contributed by atoms with Crippen LogP contribution in [0.2, 0.25) is 0 Å². The summed E-state index contributed by atoms with van der Waals surface area (Å²) < 4.78 is 5.91. The highest BCUT2D eigenvalue weighted by Gasteiger charge is 2.24. The van der Waals surface area contributed by atoms with Gasteiger partial charge in [-0.3, -0.25) is 9.59 Å². The van der Waals surface area contributed by atoms with Gasteiger partial charge in [0.2, 0.25) is 5.91 Å². The average Bonchev–Trinajstić information content (AvgIpc) is 3.25. The summed E-state index contributed by atoms with van der Waals surface area (Å²) in [4.78, 5) is 26.1. The minimum absolute atomic E-state index is 0.0585. The molecule has 0 rings (SSSR count).